The van der Waals surface area contributed by atoms with Crippen LogP contribution in [0.1, 0.15) is 29.3 Å². The van der Waals surface area contributed by atoms with E-state index in [-0.39, 0.29) is 19.0 Å². The first kappa shape index (κ1) is 21.1. The number of ether oxygens (including phenoxy) is 2. The number of hydrogen-bond acceptors (Lipinski definition) is 5. The van der Waals surface area contributed by atoms with Crippen molar-refractivity contribution in [1.82, 2.24) is 0 Å². The Morgan fingerprint density at radius 3 is 2.13 bits per heavy atom. The highest BCUT2D eigenvalue weighted by Crippen LogP contribution is 2.19. The Kier molecular flexibility index (Phi) is 7.61. The van der Waals surface area contributed by atoms with Crippen LogP contribution in [0.3, 0.4) is 0 Å². The minimum Gasteiger partial charge on any atom is -0.482 e. The third-order valence-electron chi connectivity index (χ3n) is 4.45. The second kappa shape index (κ2) is 10.8. The van der Waals surface area contributed by atoms with Gasteiger partial charge in [0, 0.05) is 16.9 Å². The standard InChI is InChI=1S/C25H25NO4/c1-2-6-19-9-11-20(12-10-19)24(27)17-30-25(28)18-29-23-15-13-22(14-16-23)26-21-7-4-3-5-8-21/h3-5,7-16,26H,2,6,17-18H2,1H3. The molecule has 3 aromatic rings. The SMILES string of the molecule is CCCc1ccc(C(=O)COC(=O)COc2ccc(Nc3ccccc3)cc2)cc1. The van der Waals surface area contributed by atoms with Gasteiger partial charge in [0.05, 0.1) is 0 Å². The van der Waals surface area contributed by atoms with Crippen molar-refractivity contribution < 1.29 is 19.1 Å². The molecule has 0 fully saturated rings. The largest absolute Gasteiger partial charge is 0.482 e. The topological polar surface area (TPSA) is 64.6 Å². The van der Waals surface area contributed by atoms with Crippen LogP contribution < -0.4 is 10.1 Å². The molecule has 0 unspecified atom stereocenters. The summed E-state index contributed by atoms with van der Waals surface area (Å²) < 4.78 is 10.5. The van der Waals surface area contributed by atoms with Gasteiger partial charge in [-0.05, 0) is 48.4 Å². The molecule has 1 N–H and O–H groups in total. The zero-order valence-corrected chi connectivity index (χ0v) is 17.0. The minimum absolute atomic E-state index is 0.234. The first-order chi connectivity index (χ1) is 14.6. The number of carbonyl (C=O) groups excluding carboxylic acids is 2. The lowest BCUT2D eigenvalue weighted by atomic mass is 10.1. The quantitative estimate of drug-likeness (QED) is 0.373. The molecule has 0 heterocycles. The number of rotatable bonds is 10. The molecule has 0 radical (unpaired) electrons. The van der Waals surface area contributed by atoms with E-state index in [1.54, 1.807) is 24.3 Å². The number of aryl methyl sites for hydroxylation is 1. The van der Waals surface area contributed by atoms with Gasteiger partial charge >= 0.3 is 5.97 Å². The van der Waals surface area contributed by atoms with Crippen molar-refractivity contribution in [3.8, 4) is 5.75 Å². The highest BCUT2D eigenvalue weighted by atomic mass is 16.6. The summed E-state index contributed by atoms with van der Waals surface area (Å²) in [5, 5.41) is 3.27. The van der Waals surface area contributed by atoms with Gasteiger partial charge in [0.1, 0.15) is 5.75 Å². The van der Waals surface area contributed by atoms with Crippen molar-refractivity contribution in [3.63, 3.8) is 0 Å². The van der Waals surface area contributed by atoms with Gasteiger partial charge in [-0.15, -0.1) is 0 Å². The fourth-order valence-electron chi connectivity index (χ4n) is 2.88. The number of ketones is 1. The van der Waals surface area contributed by atoms with Crippen LogP contribution in [0.25, 0.3) is 0 Å². The zero-order valence-electron chi connectivity index (χ0n) is 17.0. The molecule has 0 spiro atoms. The van der Waals surface area contributed by atoms with E-state index in [9.17, 15) is 9.59 Å². The monoisotopic (exact) mass is 403 g/mol. The lowest BCUT2D eigenvalue weighted by Gasteiger charge is -2.09. The second-order valence-electron chi connectivity index (χ2n) is 6.83. The first-order valence-corrected chi connectivity index (χ1v) is 9.97. The molecule has 0 saturated carbocycles. The van der Waals surface area contributed by atoms with Gasteiger partial charge in [-0.1, -0.05) is 55.8 Å². The highest BCUT2D eigenvalue weighted by molar-refractivity contribution is 5.98. The lowest BCUT2D eigenvalue weighted by Crippen LogP contribution is -2.19. The van der Waals surface area contributed by atoms with E-state index in [4.69, 9.17) is 9.47 Å². The molecule has 5 heteroatoms. The summed E-state index contributed by atoms with van der Waals surface area (Å²) in [6, 6.07) is 24.5. The van der Waals surface area contributed by atoms with E-state index in [0.29, 0.717) is 11.3 Å². The Bertz CT molecular complexity index is 951. The average Bonchev–Trinajstić information content (AvgIpc) is 2.78. The maximum Gasteiger partial charge on any atom is 0.344 e. The van der Waals surface area contributed by atoms with Crippen LogP contribution in [0.4, 0.5) is 11.4 Å². The summed E-state index contributed by atoms with van der Waals surface area (Å²) >= 11 is 0. The molecule has 0 amide bonds. The summed E-state index contributed by atoms with van der Waals surface area (Å²) in [6.07, 6.45) is 2.03. The molecule has 5 nitrogen and oxygen atoms in total. The van der Waals surface area contributed by atoms with Gasteiger partial charge in [0.25, 0.3) is 0 Å². The van der Waals surface area contributed by atoms with Crippen LogP contribution in [0.15, 0.2) is 78.9 Å². The van der Waals surface area contributed by atoms with Crippen LogP contribution >= 0.6 is 0 Å². The van der Waals surface area contributed by atoms with Gasteiger partial charge in [-0.2, -0.15) is 0 Å². The predicted molar refractivity (Wildman–Crippen MR) is 117 cm³/mol. The molecule has 0 atom stereocenters. The molecule has 0 aliphatic carbocycles. The van der Waals surface area contributed by atoms with Gasteiger partial charge in [-0.25, -0.2) is 4.79 Å². The first-order valence-electron chi connectivity index (χ1n) is 9.97. The third-order valence-corrected chi connectivity index (χ3v) is 4.45. The Labute approximate surface area is 176 Å². The van der Waals surface area contributed by atoms with Crippen LogP contribution in [0, 0.1) is 0 Å². The summed E-state index contributed by atoms with van der Waals surface area (Å²) in [5.41, 5.74) is 3.61. The van der Waals surface area contributed by atoms with Gasteiger partial charge in [0.2, 0.25) is 0 Å². The Balaban J connectivity index is 1.41. The van der Waals surface area contributed by atoms with Gasteiger partial charge < -0.3 is 14.8 Å². The Morgan fingerprint density at radius 1 is 0.800 bits per heavy atom. The summed E-state index contributed by atoms with van der Waals surface area (Å²) in [4.78, 5) is 24.0. The fraction of sp³-hybridized carbons (Fsp3) is 0.200. The van der Waals surface area contributed by atoms with Gasteiger partial charge in [-0.3, -0.25) is 4.79 Å². The zero-order chi connectivity index (χ0) is 21.2. The molecular weight excluding hydrogens is 378 g/mol. The van der Waals surface area contributed by atoms with Crippen molar-refractivity contribution in [2.45, 2.75) is 19.8 Å². The molecule has 0 aromatic heterocycles. The number of nitrogens with one attached hydrogen (secondary N) is 1. The van der Waals surface area contributed by atoms with E-state index in [1.807, 2.05) is 54.6 Å². The molecule has 154 valence electrons. The predicted octanol–water partition coefficient (Wildman–Crippen LogP) is 5.19. The number of hydrogen-bond donors (Lipinski definition) is 1. The number of Topliss-reactive ketones (excluding diaryl/α,β-unsaturated/α-hetero) is 1. The minimum atomic E-state index is -0.586. The van der Waals surface area contributed by atoms with Crippen molar-refractivity contribution in [2.24, 2.45) is 0 Å². The smallest absolute Gasteiger partial charge is 0.344 e. The van der Waals surface area contributed by atoms with E-state index >= 15 is 0 Å². The van der Waals surface area contributed by atoms with Crippen molar-refractivity contribution in [1.29, 1.82) is 0 Å². The number of anilines is 2. The molecule has 3 rings (SSSR count). The van der Waals surface area contributed by atoms with Crippen molar-refractivity contribution >= 4 is 23.1 Å². The summed E-state index contributed by atoms with van der Waals surface area (Å²) in [5.74, 6) is -0.274. The highest BCUT2D eigenvalue weighted by Gasteiger charge is 2.11. The molecule has 0 saturated heterocycles. The summed E-state index contributed by atoms with van der Waals surface area (Å²) in [6.45, 7) is 1.56. The van der Waals surface area contributed by atoms with E-state index < -0.39 is 5.97 Å². The van der Waals surface area contributed by atoms with Crippen molar-refractivity contribution in [2.75, 3.05) is 18.5 Å². The Morgan fingerprint density at radius 2 is 1.47 bits per heavy atom. The maximum atomic E-state index is 12.2. The maximum absolute atomic E-state index is 12.2. The normalized spacial score (nSPS) is 10.3. The lowest BCUT2D eigenvalue weighted by molar-refractivity contribution is -0.144. The average molecular weight is 403 g/mol. The Hall–Kier alpha value is -3.60. The second-order valence-corrected chi connectivity index (χ2v) is 6.83. The van der Waals surface area contributed by atoms with Crippen molar-refractivity contribution in [3.05, 3.63) is 90.0 Å². The van der Waals surface area contributed by atoms with Crippen LogP contribution in [0.5, 0.6) is 5.75 Å². The van der Waals surface area contributed by atoms with E-state index in [0.717, 1.165) is 24.2 Å². The number of esters is 1. The van der Waals surface area contributed by atoms with Gasteiger partial charge in [0.15, 0.2) is 19.0 Å². The molecule has 3 aromatic carbocycles. The van der Waals surface area contributed by atoms with Crippen LogP contribution in [0.2, 0.25) is 0 Å². The molecular formula is C25H25NO4. The van der Waals surface area contributed by atoms with Crippen LogP contribution in [-0.4, -0.2) is 25.0 Å². The number of carbonyl (C=O) groups is 2. The summed E-state index contributed by atoms with van der Waals surface area (Å²) in [7, 11) is 0. The molecule has 0 bridgehead atoms. The molecule has 0 aliphatic heterocycles. The number of benzene rings is 3. The number of para-hydroxylation sites is 1. The molecule has 30 heavy (non-hydrogen) atoms. The van der Waals surface area contributed by atoms with E-state index in [2.05, 4.69) is 12.2 Å². The third kappa shape index (κ3) is 6.48. The van der Waals surface area contributed by atoms with E-state index in [1.165, 1.54) is 5.56 Å². The molecule has 0 aliphatic rings. The fourth-order valence-corrected chi connectivity index (χ4v) is 2.88. The van der Waals surface area contributed by atoms with Crippen LogP contribution in [-0.2, 0) is 16.0 Å².